The normalized spacial score (nSPS) is 19.6. The predicted octanol–water partition coefficient (Wildman–Crippen LogP) is -0.236. The Hall–Kier alpha value is -3.62. The number of imidazole rings is 1. The number of β-lactam (4-membered cyclic amide) rings is 1. The first-order valence-electron chi connectivity index (χ1n) is 11.0. The number of hydrogen-bond donors (Lipinski definition) is 2. The van der Waals surface area contributed by atoms with E-state index in [9.17, 15) is 19.5 Å². The number of aromatic nitrogens is 3. The molecule has 0 saturated carbocycles. The molecule has 2 aliphatic heterocycles. The molecular formula is C22H20ClN7O5S2. The fraction of sp³-hybridized carbons (Fsp3) is 0.273. The molecule has 2 amide bonds. The van der Waals surface area contributed by atoms with Gasteiger partial charge in [-0.2, -0.15) is 0 Å². The highest BCUT2D eigenvalue weighted by molar-refractivity contribution is 8.00. The Morgan fingerprint density at radius 1 is 1.43 bits per heavy atom. The topological polar surface area (TPSA) is 158 Å². The van der Waals surface area contributed by atoms with Crippen molar-refractivity contribution in [2.75, 3.05) is 18.1 Å². The first-order valence-corrected chi connectivity index (χ1v) is 13.3. The van der Waals surface area contributed by atoms with Gasteiger partial charge in [-0.05, 0) is 13.0 Å². The average Bonchev–Trinajstić information content (AvgIpc) is 3.47. The van der Waals surface area contributed by atoms with Crippen LogP contribution in [0.4, 0.5) is 5.13 Å². The van der Waals surface area contributed by atoms with Gasteiger partial charge in [-0.25, -0.2) is 14.0 Å². The fourth-order valence-corrected chi connectivity index (χ4v) is 6.20. The summed E-state index contributed by atoms with van der Waals surface area (Å²) in [5.41, 5.74) is 6.89. The zero-order valence-corrected chi connectivity index (χ0v) is 21.7. The Morgan fingerprint density at radius 3 is 2.95 bits per heavy atom. The summed E-state index contributed by atoms with van der Waals surface area (Å²) in [6.07, 6.45) is 5.34. The van der Waals surface area contributed by atoms with Crippen molar-refractivity contribution in [1.29, 1.82) is 0 Å². The smallest absolute Gasteiger partial charge is 0.286 e. The number of aliphatic carboxylic acids is 1. The summed E-state index contributed by atoms with van der Waals surface area (Å²) >= 11 is 8.53. The number of nitrogen functional groups attached to an aromatic ring is 1. The maximum Gasteiger partial charge on any atom is 0.286 e. The number of pyridine rings is 1. The van der Waals surface area contributed by atoms with Crippen LogP contribution in [0.5, 0.6) is 0 Å². The molecule has 0 spiro atoms. The molecule has 0 radical (unpaired) electrons. The number of anilines is 1. The monoisotopic (exact) mass is 561 g/mol. The summed E-state index contributed by atoms with van der Waals surface area (Å²) in [5, 5.41) is 20.3. The Bertz CT molecular complexity index is 1480. The zero-order valence-electron chi connectivity index (χ0n) is 19.3. The third-order valence-corrected chi connectivity index (χ3v) is 8.01. The highest BCUT2D eigenvalue weighted by Gasteiger charge is 2.53. The van der Waals surface area contributed by atoms with E-state index in [-0.39, 0.29) is 35.4 Å². The Balaban J connectivity index is 1.37. The highest BCUT2D eigenvalue weighted by atomic mass is 35.5. The van der Waals surface area contributed by atoms with Gasteiger partial charge in [0.1, 0.15) is 48.9 Å². The molecule has 0 unspecified atom stereocenters. The summed E-state index contributed by atoms with van der Waals surface area (Å²) in [6, 6.07) is 2.60. The minimum atomic E-state index is -1.46. The van der Waals surface area contributed by atoms with Crippen LogP contribution in [-0.2, 0) is 25.8 Å². The molecular weight excluding hydrogens is 542 g/mol. The molecule has 5 heterocycles. The first-order chi connectivity index (χ1) is 17.8. The average molecular weight is 562 g/mol. The molecule has 37 heavy (non-hydrogen) atoms. The molecule has 0 aromatic carbocycles. The second kappa shape index (κ2) is 10.0. The molecule has 5 rings (SSSR count). The molecule has 15 heteroatoms. The van der Waals surface area contributed by atoms with Gasteiger partial charge in [-0.1, -0.05) is 16.8 Å². The SMILES string of the molecule is CCO/N=C(/C(=O)N[C@@H]1C(=O)N2C(C(=O)[O-])=C(C[n+]3ccn4cc(Cl)ccc43)CS[C@H]12)c1csc(N)n1. The maximum absolute atomic E-state index is 13.1. The van der Waals surface area contributed by atoms with Crippen molar-refractivity contribution < 1.29 is 28.9 Å². The molecule has 0 bridgehead atoms. The van der Waals surface area contributed by atoms with E-state index in [1.165, 1.54) is 16.7 Å². The van der Waals surface area contributed by atoms with E-state index in [0.29, 0.717) is 16.3 Å². The molecule has 1 saturated heterocycles. The number of nitrogens with two attached hydrogens (primary N) is 1. The van der Waals surface area contributed by atoms with Gasteiger partial charge in [0.2, 0.25) is 0 Å². The molecule has 3 N–H and O–H groups in total. The van der Waals surface area contributed by atoms with Crippen LogP contribution in [0.2, 0.25) is 5.02 Å². The second-order valence-corrected chi connectivity index (χ2v) is 10.5. The quantitative estimate of drug-likeness (QED) is 0.165. The number of nitrogens with zero attached hydrogens (tertiary/aromatic N) is 5. The molecule has 3 aromatic rings. The molecule has 3 aromatic heterocycles. The molecule has 2 aliphatic rings. The number of carbonyl (C=O) groups is 3. The van der Waals surface area contributed by atoms with Crippen molar-refractivity contribution in [2.45, 2.75) is 24.9 Å². The first kappa shape index (κ1) is 25.0. The zero-order chi connectivity index (χ0) is 26.3. The second-order valence-electron chi connectivity index (χ2n) is 8.07. The van der Waals surface area contributed by atoms with Crippen molar-refractivity contribution in [3.05, 3.63) is 58.1 Å². The standard InChI is InChI=1S/C22H20ClN7O5S2/c1-2-35-27-15(13-10-37-22(24)25-13)18(31)26-16-19(32)30-17(21(33)34)11(9-36-20(16)30)7-28-5-6-29-8-12(23)3-4-14(28)29/h3-6,8,10,16,20H,2,7,9H2,1H3,(H3-,24,25,26,31,33,34)/b27-15+/t16-,20-/m1/s1. The predicted molar refractivity (Wildman–Crippen MR) is 134 cm³/mol. The highest BCUT2D eigenvalue weighted by Crippen LogP contribution is 2.40. The van der Waals surface area contributed by atoms with Crippen LogP contribution in [-0.4, -0.2) is 61.6 Å². The molecule has 12 nitrogen and oxygen atoms in total. The number of halogens is 1. The summed E-state index contributed by atoms with van der Waals surface area (Å²) < 4.78 is 3.67. The van der Waals surface area contributed by atoms with Gasteiger partial charge in [0.05, 0.1) is 16.7 Å². The fourth-order valence-electron chi connectivity index (χ4n) is 4.15. The van der Waals surface area contributed by atoms with E-state index in [1.807, 2.05) is 15.0 Å². The Morgan fingerprint density at radius 2 is 2.24 bits per heavy atom. The molecule has 2 atom stereocenters. The number of carboxylic acid groups (broad SMARTS) is 1. The van der Waals surface area contributed by atoms with Crippen LogP contribution >= 0.6 is 34.7 Å². The number of thioether (sulfide) groups is 1. The van der Waals surface area contributed by atoms with Crippen molar-refractivity contribution >= 4 is 69.0 Å². The van der Waals surface area contributed by atoms with E-state index in [4.69, 9.17) is 22.2 Å². The summed E-state index contributed by atoms with van der Waals surface area (Å²) in [6.45, 7) is 2.16. The van der Waals surface area contributed by atoms with Crippen LogP contribution in [0.15, 0.2) is 52.5 Å². The van der Waals surface area contributed by atoms with Gasteiger partial charge in [0.25, 0.3) is 17.5 Å². The third kappa shape index (κ3) is 4.63. The van der Waals surface area contributed by atoms with Crippen LogP contribution < -0.4 is 20.7 Å². The van der Waals surface area contributed by atoms with E-state index < -0.39 is 29.2 Å². The van der Waals surface area contributed by atoms with Gasteiger partial charge < -0.3 is 25.8 Å². The van der Waals surface area contributed by atoms with Crippen LogP contribution in [0.3, 0.4) is 0 Å². The van der Waals surface area contributed by atoms with Crippen LogP contribution in [0.1, 0.15) is 12.6 Å². The Kier molecular flexibility index (Phi) is 6.79. The third-order valence-electron chi connectivity index (χ3n) is 5.77. The van der Waals surface area contributed by atoms with Gasteiger partial charge in [0.15, 0.2) is 10.8 Å². The van der Waals surface area contributed by atoms with E-state index in [2.05, 4.69) is 15.5 Å². The van der Waals surface area contributed by atoms with Gasteiger partial charge in [-0.15, -0.1) is 23.1 Å². The lowest BCUT2D eigenvalue weighted by atomic mass is 10.0. The van der Waals surface area contributed by atoms with Crippen molar-refractivity contribution in [3.8, 4) is 0 Å². The van der Waals surface area contributed by atoms with Crippen molar-refractivity contribution in [1.82, 2.24) is 19.6 Å². The maximum atomic E-state index is 13.1. The van der Waals surface area contributed by atoms with Gasteiger partial charge in [-0.3, -0.25) is 14.5 Å². The van der Waals surface area contributed by atoms with Crippen molar-refractivity contribution in [3.63, 3.8) is 0 Å². The number of oxime groups is 1. The number of thiazole rings is 1. The Labute approximate surface area is 223 Å². The lowest BCUT2D eigenvalue weighted by Gasteiger charge is -2.50. The van der Waals surface area contributed by atoms with Crippen LogP contribution in [0, 0.1) is 0 Å². The number of nitrogens with one attached hydrogen (secondary N) is 1. The van der Waals surface area contributed by atoms with E-state index in [1.54, 1.807) is 37.0 Å². The largest absolute Gasteiger partial charge is 0.543 e. The molecule has 1 fully saturated rings. The number of rotatable bonds is 8. The van der Waals surface area contributed by atoms with E-state index >= 15 is 0 Å². The minimum Gasteiger partial charge on any atom is -0.543 e. The number of carbonyl (C=O) groups excluding carboxylic acids is 3. The number of amides is 2. The summed E-state index contributed by atoms with van der Waals surface area (Å²) in [5.74, 6) is -2.38. The van der Waals surface area contributed by atoms with Gasteiger partial charge >= 0.3 is 0 Å². The van der Waals surface area contributed by atoms with E-state index in [0.717, 1.165) is 17.0 Å². The number of carboxylic acids is 1. The number of fused-ring (bicyclic) bond motifs is 2. The van der Waals surface area contributed by atoms with Crippen LogP contribution in [0.25, 0.3) is 5.65 Å². The molecule has 0 aliphatic carbocycles. The molecule has 192 valence electrons. The lowest BCUT2D eigenvalue weighted by Crippen LogP contribution is -2.71. The summed E-state index contributed by atoms with van der Waals surface area (Å²) in [4.78, 5) is 48.5. The van der Waals surface area contributed by atoms with Gasteiger partial charge in [0, 0.05) is 22.8 Å². The lowest BCUT2D eigenvalue weighted by molar-refractivity contribution is -0.662. The number of hydrogen-bond acceptors (Lipinski definition) is 10. The van der Waals surface area contributed by atoms with Crippen molar-refractivity contribution in [2.24, 2.45) is 5.16 Å². The summed E-state index contributed by atoms with van der Waals surface area (Å²) in [7, 11) is 0. The minimum absolute atomic E-state index is 0.129.